The van der Waals surface area contributed by atoms with Crippen LogP contribution in [-0.2, 0) is 0 Å². The van der Waals surface area contributed by atoms with E-state index in [4.69, 9.17) is 23.6 Å². The lowest BCUT2D eigenvalue weighted by atomic mass is 9.99. The molecule has 0 atom stereocenters. The summed E-state index contributed by atoms with van der Waals surface area (Å²) in [6.07, 6.45) is 0. The minimum atomic E-state index is -0.721. The van der Waals surface area contributed by atoms with Crippen molar-refractivity contribution < 1.29 is 34.6 Å². The van der Waals surface area contributed by atoms with E-state index in [0.29, 0.717) is 5.69 Å². The van der Waals surface area contributed by atoms with Crippen molar-refractivity contribution in [2.45, 2.75) is 0 Å². The molecule has 3 heteroatoms. The Balaban J connectivity index is 1.14. The van der Waals surface area contributed by atoms with Crippen molar-refractivity contribution >= 4 is 65.6 Å². The molecule has 9 aromatic carbocycles. The molecule has 0 radical (unpaired) electrons. The first-order chi connectivity index (χ1) is 37.4. The molecule has 0 unspecified atom stereocenters. The molecule has 0 amide bonds. The fraction of sp³-hybridized carbons (Fsp3) is 0. The minimum absolute atomic E-state index is 0.00361. The topological polar surface area (TPSA) is 23.0 Å². The first-order valence-corrected chi connectivity index (χ1v) is 17.7. The molecule has 0 aliphatic heterocycles. The fourth-order valence-electron chi connectivity index (χ4n) is 7.46. The maximum atomic E-state index is 10.0. The molecule has 0 bridgehead atoms. The van der Waals surface area contributed by atoms with Crippen LogP contribution < -0.4 is 0 Å². The van der Waals surface area contributed by atoms with Gasteiger partial charge >= 0.3 is 0 Å². The van der Waals surface area contributed by atoms with Gasteiger partial charge in [-0.05, 0) is 88.3 Å². The number of hydrogen-bond acceptors (Lipinski definition) is 1. The van der Waals surface area contributed by atoms with E-state index in [9.17, 15) is 11.0 Å². The van der Waals surface area contributed by atoms with Crippen LogP contribution in [0, 0.1) is 0 Å². The fourth-order valence-corrected chi connectivity index (χ4v) is 7.46. The van der Waals surface area contributed by atoms with Crippen LogP contribution in [0.1, 0.15) is 30.2 Å². The molecule has 12 aromatic rings. The van der Waals surface area contributed by atoms with Crippen LogP contribution in [0.3, 0.4) is 0 Å². The third kappa shape index (κ3) is 4.92. The third-order valence-corrected chi connectivity index (χ3v) is 9.98. The van der Waals surface area contributed by atoms with E-state index in [1.807, 2.05) is 0 Å². The van der Waals surface area contributed by atoms with Crippen LogP contribution in [0.4, 0.5) is 0 Å². The number of benzene rings is 9. The molecule has 3 aromatic heterocycles. The normalized spacial score (nSPS) is 17.3. The third-order valence-electron chi connectivity index (χ3n) is 9.98. The second kappa shape index (κ2) is 12.5. The van der Waals surface area contributed by atoms with Gasteiger partial charge in [0, 0.05) is 55.3 Å². The zero-order valence-electron chi connectivity index (χ0n) is 51.2. The Kier molecular flexibility index (Phi) is 3.72. The Morgan fingerprint density at radius 3 is 1.82 bits per heavy atom. The van der Waals surface area contributed by atoms with Crippen molar-refractivity contribution in [3.63, 3.8) is 0 Å². The molecular weight excluding hydrogens is 693 g/mol. The summed E-state index contributed by atoms with van der Waals surface area (Å²) in [5.41, 5.74) is -1.77. The lowest BCUT2D eigenvalue weighted by molar-refractivity contribution is 0.669. The molecule has 0 spiro atoms. The molecular formula is C54H34N2O. The Labute approximate surface area is 359 Å². The van der Waals surface area contributed by atoms with Gasteiger partial charge in [0.2, 0.25) is 0 Å². The maximum absolute atomic E-state index is 10.0. The van der Waals surface area contributed by atoms with Gasteiger partial charge < -0.3 is 13.6 Å². The number of fused-ring (bicyclic) bond motifs is 9. The Hall–Kier alpha value is -7.62. The lowest BCUT2D eigenvalue weighted by Gasteiger charge is -2.12. The van der Waals surface area contributed by atoms with E-state index in [-0.39, 0.29) is 113 Å². The van der Waals surface area contributed by atoms with E-state index in [1.165, 1.54) is 47.0 Å². The van der Waals surface area contributed by atoms with Gasteiger partial charge in [-0.3, -0.25) is 0 Å². The number of aromatic nitrogens is 2. The lowest BCUT2D eigenvalue weighted by Crippen LogP contribution is -1.95. The first-order valence-electron chi connectivity index (χ1n) is 28.7. The first kappa shape index (κ1) is 17.0. The zero-order chi connectivity index (χ0) is 56.6. The highest BCUT2D eigenvalue weighted by atomic mass is 16.3. The van der Waals surface area contributed by atoms with Gasteiger partial charge in [-0.25, -0.2) is 0 Å². The summed E-state index contributed by atoms with van der Waals surface area (Å²) in [4.78, 5) is 0. The minimum Gasteiger partial charge on any atom is -0.456 e. The largest absolute Gasteiger partial charge is 0.456 e. The summed E-state index contributed by atoms with van der Waals surface area (Å²) >= 11 is 0. The quantitative estimate of drug-likeness (QED) is 0.172. The van der Waals surface area contributed by atoms with E-state index < -0.39 is 125 Å². The summed E-state index contributed by atoms with van der Waals surface area (Å²) < 4.78 is 208. The average Bonchev–Trinajstić information content (AvgIpc) is 4.14. The SMILES string of the molecule is [2H]c1cc([2H])cc(-c2c([2H])c([2H])c(-c3c([2H])c([2H])c4c(oc5c([2H])c(-n6c7ccc(-c8cc([2H])c([2H])c9c%10c([2H])c([2H])c([2H])c([2H])c%10n(-c%10ccccc%10)c89)c([2H])c7c7c([2H])c([2H])c([2H])c([2H])c76)cc([2H])c54)c3[2H])c([2H])c2[2H])c1. The number of hydrogen-bond donors (Lipinski definition) is 0. The van der Waals surface area contributed by atoms with Gasteiger partial charge in [0.15, 0.2) is 0 Å². The van der Waals surface area contributed by atoms with Crippen molar-refractivity contribution in [3.8, 4) is 44.8 Å². The van der Waals surface area contributed by atoms with Gasteiger partial charge in [-0.1, -0.05) is 139 Å². The maximum Gasteiger partial charge on any atom is 0.137 e. The predicted octanol–water partition coefficient (Wildman–Crippen LogP) is 14.8. The predicted molar refractivity (Wildman–Crippen MR) is 239 cm³/mol. The summed E-state index contributed by atoms with van der Waals surface area (Å²) in [7, 11) is 0. The summed E-state index contributed by atoms with van der Waals surface area (Å²) in [6, 6.07) is 6.27. The highest BCUT2D eigenvalue weighted by molar-refractivity contribution is 6.16. The van der Waals surface area contributed by atoms with E-state index in [2.05, 4.69) is 0 Å². The van der Waals surface area contributed by atoms with Crippen molar-refractivity contribution in [2.24, 2.45) is 0 Å². The van der Waals surface area contributed by atoms with Crippen LogP contribution in [0.2, 0.25) is 0 Å². The van der Waals surface area contributed by atoms with Crippen molar-refractivity contribution in [1.82, 2.24) is 9.13 Å². The summed E-state index contributed by atoms with van der Waals surface area (Å²) in [5.74, 6) is 0. The van der Waals surface area contributed by atoms with Crippen LogP contribution >= 0.6 is 0 Å². The van der Waals surface area contributed by atoms with Crippen molar-refractivity contribution in [3.05, 3.63) is 206 Å². The van der Waals surface area contributed by atoms with Gasteiger partial charge in [0.1, 0.15) is 11.2 Å². The summed E-state index contributed by atoms with van der Waals surface area (Å²) in [5, 5.41) is -0.779. The molecule has 0 aliphatic carbocycles. The summed E-state index contributed by atoms with van der Waals surface area (Å²) in [6.45, 7) is 0. The standard InChI is InChI=1S/C54H34N2O/c1-3-12-35(13-4-1)36-22-24-37(25-23-36)38-26-29-45-46-30-28-41(34-53(46)57-52(45)33-38)55-49-20-9-8-17-44(49)48-32-39(27-31-51(48)55)42-18-11-19-47-43-16-7-10-21-50(43)56(54(42)47)40-14-5-2-6-15-40/h1-34H/i3D,4D,7D,8D,9D,10D,11D,16D,17D,19D,20D,21D,22D,23D,24D,25D,26D,29D,30D,32D,33D,34D. The van der Waals surface area contributed by atoms with Gasteiger partial charge in [-0.2, -0.15) is 0 Å². The molecule has 266 valence electrons. The van der Waals surface area contributed by atoms with Crippen LogP contribution in [-0.4, -0.2) is 9.13 Å². The second-order valence-electron chi connectivity index (χ2n) is 13.2. The van der Waals surface area contributed by atoms with Gasteiger partial charge in [-0.15, -0.1) is 0 Å². The number of furan rings is 1. The second-order valence-corrected chi connectivity index (χ2v) is 13.2. The molecule has 0 aliphatic rings. The van der Waals surface area contributed by atoms with Gasteiger partial charge in [0.05, 0.1) is 52.2 Å². The smallest absolute Gasteiger partial charge is 0.137 e. The molecule has 12 rings (SSSR count). The van der Waals surface area contributed by atoms with E-state index in [1.54, 1.807) is 34.9 Å². The molecule has 0 saturated carbocycles. The van der Waals surface area contributed by atoms with Crippen LogP contribution in [0.5, 0.6) is 0 Å². The molecule has 3 heterocycles. The molecule has 0 fully saturated rings. The molecule has 57 heavy (non-hydrogen) atoms. The number of para-hydroxylation sites is 4. The zero-order valence-corrected chi connectivity index (χ0v) is 29.2. The number of nitrogens with zero attached hydrogens (tertiary/aromatic N) is 2. The van der Waals surface area contributed by atoms with Gasteiger partial charge in [0.25, 0.3) is 0 Å². The number of rotatable bonds is 5. The average molecular weight is 749 g/mol. The highest BCUT2D eigenvalue weighted by Gasteiger charge is 2.19. The molecule has 0 saturated heterocycles. The monoisotopic (exact) mass is 748 g/mol. The Morgan fingerprint density at radius 2 is 1.02 bits per heavy atom. The molecule has 3 nitrogen and oxygen atoms in total. The van der Waals surface area contributed by atoms with Crippen LogP contribution in [0.25, 0.3) is 110 Å². The Morgan fingerprint density at radius 1 is 0.351 bits per heavy atom. The van der Waals surface area contributed by atoms with Crippen LogP contribution in [0.15, 0.2) is 210 Å². The van der Waals surface area contributed by atoms with Crippen molar-refractivity contribution in [1.29, 1.82) is 0 Å². The van der Waals surface area contributed by atoms with Crippen molar-refractivity contribution in [2.75, 3.05) is 0 Å². The molecule has 0 N–H and O–H groups in total. The Bertz CT molecular complexity index is 4760. The van der Waals surface area contributed by atoms with E-state index in [0.717, 1.165) is 0 Å². The highest BCUT2D eigenvalue weighted by Crippen LogP contribution is 2.41. The van der Waals surface area contributed by atoms with E-state index >= 15 is 0 Å².